The van der Waals surface area contributed by atoms with Gasteiger partial charge in [0.25, 0.3) is 0 Å². The van der Waals surface area contributed by atoms with Gasteiger partial charge in [0, 0.05) is 4.88 Å². The van der Waals surface area contributed by atoms with Gasteiger partial charge in [-0.2, -0.15) is 5.26 Å². The Bertz CT molecular complexity index is 1250. The quantitative estimate of drug-likeness (QED) is 0.499. The summed E-state index contributed by atoms with van der Waals surface area (Å²) in [5.41, 5.74) is 9.92. The van der Waals surface area contributed by atoms with Gasteiger partial charge in [0.05, 0.1) is 17.4 Å². The molecule has 1 aliphatic heterocycles. The molecule has 0 bridgehead atoms. The fourth-order valence-corrected chi connectivity index (χ4v) is 4.98. The van der Waals surface area contributed by atoms with Crippen molar-refractivity contribution < 1.29 is 19.0 Å². The normalized spacial score (nSPS) is 14.8. The minimum absolute atomic E-state index is 0.00181. The fourth-order valence-electron chi connectivity index (χ4n) is 3.76. The lowest BCUT2D eigenvalue weighted by Crippen LogP contribution is -2.21. The SMILES string of the molecule is CCOC(=O)c1c(C)sc2c1OC(N)=C(C#N)C2c1ccc(OCc2ccc(C)cc2)cc1. The van der Waals surface area contributed by atoms with Gasteiger partial charge >= 0.3 is 5.97 Å². The van der Waals surface area contributed by atoms with E-state index in [0.29, 0.717) is 23.5 Å². The molecular weight excluding hydrogens is 436 g/mol. The second-order valence-corrected chi connectivity index (χ2v) is 8.97. The first kappa shape index (κ1) is 22.4. The van der Waals surface area contributed by atoms with Gasteiger partial charge in [0.1, 0.15) is 29.6 Å². The molecule has 1 atom stereocenters. The molecule has 3 aromatic rings. The molecular formula is C26H24N2O4S. The van der Waals surface area contributed by atoms with Crippen LogP contribution in [0.4, 0.5) is 0 Å². The number of aryl methyl sites for hydroxylation is 2. The minimum Gasteiger partial charge on any atom is -0.489 e. The molecule has 0 saturated carbocycles. The maximum absolute atomic E-state index is 12.5. The number of rotatable bonds is 6. The van der Waals surface area contributed by atoms with Crippen LogP contribution in [0.3, 0.4) is 0 Å². The molecule has 2 N–H and O–H groups in total. The number of ether oxygens (including phenoxy) is 3. The van der Waals surface area contributed by atoms with Crippen molar-refractivity contribution in [2.75, 3.05) is 6.61 Å². The zero-order chi connectivity index (χ0) is 23.5. The van der Waals surface area contributed by atoms with Crippen molar-refractivity contribution in [3.05, 3.63) is 92.0 Å². The van der Waals surface area contributed by atoms with Crippen molar-refractivity contribution >= 4 is 17.3 Å². The van der Waals surface area contributed by atoms with E-state index in [1.54, 1.807) is 6.92 Å². The van der Waals surface area contributed by atoms with Gasteiger partial charge < -0.3 is 19.9 Å². The van der Waals surface area contributed by atoms with Crippen molar-refractivity contribution in [1.29, 1.82) is 5.26 Å². The van der Waals surface area contributed by atoms with Gasteiger partial charge in [-0.1, -0.05) is 42.0 Å². The van der Waals surface area contributed by atoms with E-state index in [1.165, 1.54) is 16.9 Å². The molecule has 2 aromatic carbocycles. The summed E-state index contributed by atoms with van der Waals surface area (Å²) in [4.78, 5) is 14.0. The summed E-state index contributed by atoms with van der Waals surface area (Å²) in [6.07, 6.45) is 0. The monoisotopic (exact) mass is 460 g/mol. The molecule has 0 fully saturated rings. The average molecular weight is 461 g/mol. The Labute approximate surface area is 196 Å². The minimum atomic E-state index is -0.459. The summed E-state index contributed by atoms with van der Waals surface area (Å²) >= 11 is 1.41. The Morgan fingerprint density at radius 3 is 2.48 bits per heavy atom. The fraction of sp³-hybridized carbons (Fsp3) is 0.231. The number of carbonyl (C=O) groups is 1. The van der Waals surface area contributed by atoms with Crippen LogP contribution < -0.4 is 15.2 Å². The summed E-state index contributed by atoms with van der Waals surface area (Å²) in [6.45, 7) is 6.35. The van der Waals surface area contributed by atoms with Gasteiger partial charge in [-0.25, -0.2) is 4.79 Å². The van der Waals surface area contributed by atoms with Crippen molar-refractivity contribution in [1.82, 2.24) is 0 Å². The van der Waals surface area contributed by atoms with E-state index < -0.39 is 11.9 Å². The first-order valence-electron chi connectivity index (χ1n) is 10.6. The first-order valence-corrected chi connectivity index (χ1v) is 11.4. The predicted octanol–water partition coefficient (Wildman–Crippen LogP) is 5.34. The summed E-state index contributed by atoms with van der Waals surface area (Å²) < 4.78 is 16.9. The molecule has 1 unspecified atom stereocenters. The van der Waals surface area contributed by atoms with E-state index in [9.17, 15) is 10.1 Å². The molecule has 7 heteroatoms. The number of benzene rings is 2. The van der Waals surface area contributed by atoms with Gasteiger partial charge in [-0.15, -0.1) is 11.3 Å². The molecule has 1 aromatic heterocycles. The maximum atomic E-state index is 12.5. The Hall–Kier alpha value is -3.76. The van der Waals surface area contributed by atoms with Crippen LogP contribution in [0.25, 0.3) is 0 Å². The highest BCUT2D eigenvalue weighted by Crippen LogP contribution is 2.49. The van der Waals surface area contributed by atoms with Crippen LogP contribution in [0.2, 0.25) is 0 Å². The molecule has 0 aliphatic carbocycles. The average Bonchev–Trinajstić information content (AvgIpc) is 3.13. The van der Waals surface area contributed by atoms with Crippen LogP contribution in [0.1, 0.15) is 49.6 Å². The van der Waals surface area contributed by atoms with Crippen LogP contribution in [0.15, 0.2) is 60.0 Å². The number of nitrogens with zero attached hydrogens (tertiary/aromatic N) is 1. The zero-order valence-electron chi connectivity index (χ0n) is 18.7. The van der Waals surface area contributed by atoms with E-state index in [1.807, 2.05) is 50.2 Å². The van der Waals surface area contributed by atoms with Gasteiger partial charge in [-0.3, -0.25) is 0 Å². The van der Waals surface area contributed by atoms with E-state index >= 15 is 0 Å². The largest absolute Gasteiger partial charge is 0.489 e. The molecule has 2 heterocycles. The number of fused-ring (bicyclic) bond motifs is 1. The smallest absolute Gasteiger partial charge is 0.343 e. The third kappa shape index (κ3) is 4.43. The maximum Gasteiger partial charge on any atom is 0.343 e. The van der Waals surface area contributed by atoms with Crippen molar-refractivity contribution in [2.24, 2.45) is 5.73 Å². The van der Waals surface area contributed by atoms with Gasteiger partial charge in [0.15, 0.2) is 5.75 Å². The lowest BCUT2D eigenvalue weighted by atomic mass is 9.88. The van der Waals surface area contributed by atoms with Crippen LogP contribution in [0.5, 0.6) is 11.5 Å². The Balaban J connectivity index is 1.64. The van der Waals surface area contributed by atoms with E-state index in [4.69, 9.17) is 19.9 Å². The highest BCUT2D eigenvalue weighted by atomic mass is 32.1. The van der Waals surface area contributed by atoms with E-state index in [-0.39, 0.29) is 12.5 Å². The molecule has 4 rings (SSSR count). The highest BCUT2D eigenvalue weighted by Gasteiger charge is 2.37. The second kappa shape index (κ2) is 9.39. The van der Waals surface area contributed by atoms with Crippen LogP contribution in [0, 0.1) is 25.2 Å². The van der Waals surface area contributed by atoms with Crippen molar-refractivity contribution in [3.8, 4) is 17.6 Å². The molecule has 168 valence electrons. The third-order valence-electron chi connectivity index (χ3n) is 5.43. The summed E-state index contributed by atoms with van der Waals surface area (Å²) in [5, 5.41) is 9.79. The zero-order valence-corrected chi connectivity index (χ0v) is 19.5. The molecule has 33 heavy (non-hydrogen) atoms. The number of thiophene rings is 1. The predicted molar refractivity (Wildman–Crippen MR) is 126 cm³/mol. The number of nitrogens with two attached hydrogens (primary N) is 1. The third-order valence-corrected chi connectivity index (χ3v) is 6.59. The Kier molecular flexibility index (Phi) is 6.38. The molecule has 1 aliphatic rings. The number of allylic oxidation sites excluding steroid dienone is 1. The Morgan fingerprint density at radius 2 is 1.85 bits per heavy atom. The number of hydrogen-bond donors (Lipinski definition) is 1. The van der Waals surface area contributed by atoms with Crippen molar-refractivity contribution in [3.63, 3.8) is 0 Å². The number of nitriles is 1. The number of esters is 1. The summed E-state index contributed by atoms with van der Waals surface area (Å²) in [6, 6.07) is 17.9. The van der Waals surface area contributed by atoms with Crippen LogP contribution in [-0.4, -0.2) is 12.6 Å². The second-order valence-electron chi connectivity index (χ2n) is 7.72. The molecule has 0 spiro atoms. The first-order chi connectivity index (χ1) is 15.9. The highest BCUT2D eigenvalue weighted by molar-refractivity contribution is 7.12. The lowest BCUT2D eigenvalue weighted by molar-refractivity contribution is 0.0522. The number of hydrogen-bond acceptors (Lipinski definition) is 7. The summed E-state index contributed by atoms with van der Waals surface area (Å²) in [5.74, 6) is 0.197. The topological polar surface area (TPSA) is 94.6 Å². The van der Waals surface area contributed by atoms with E-state index in [0.717, 1.165) is 26.6 Å². The Morgan fingerprint density at radius 1 is 1.15 bits per heavy atom. The van der Waals surface area contributed by atoms with Crippen LogP contribution in [-0.2, 0) is 11.3 Å². The molecule has 0 saturated heterocycles. The molecule has 0 radical (unpaired) electrons. The molecule has 6 nitrogen and oxygen atoms in total. The number of carbonyl (C=O) groups excluding carboxylic acids is 1. The molecule has 0 amide bonds. The van der Waals surface area contributed by atoms with Crippen molar-refractivity contribution in [2.45, 2.75) is 33.3 Å². The summed E-state index contributed by atoms with van der Waals surface area (Å²) in [7, 11) is 0. The van der Waals surface area contributed by atoms with Crippen LogP contribution >= 0.6 is 11.3 Å². The van der Waals surface area contributed by atoms with Gasteiger partial charge in [0.2, 0.25) is 5.88 Å². The van der Waals surface area contributed by atoms with E-state index in [2.05, 4.69) is 18.2 Å². The standard InChI is InChI=1S/C26H24N2O4S/c1-4-30-26(29)21-16(3)33-24-22(20(13-27)25(28)32-23(21)24)18-9-11-19(12-10-18)31-14-17-7-5-15(2)6-8-17/h5-12,22H,4,14,28H2,1-3H3. The lowest BCUT2D eigenvalue weighted by Gasteiger charge is -2.24. The van der Waals surface area contributed by atoms with Gasteiger partial charge in [-0.05, 0) is 44.0 Å².